The second kappa shape index (κ2) is 6.09. The van der Waals surface area contributed by atoms with Gasteiger partial charge in [0, 0.05) is 5.56 Å². The molecule has 0 aliphatic carbocycles. The van der Waals surface area contributed by atoms with Gasteiger partial charge in [0.15, 0.2) is 0 Å². The number of carbonyl (C=O) groups is 1. The molecular formula is C15H10FN3O3S. The van der Waals surface area contributed by atoms with Crippen LogP contribution in [0.15, 0.2) is 29.0 Å². The van der Waals surface area contributed by atoms with E-state index in [1.54, 1.807) is 19.1 Å². The molecule has 0 aliphatic rings. The van der Waals surface area contributed by atoms with Gasteiger partial charge in [-0.05, 0) is 31.2 Å². The summed E-state index contributed by atoms with van der Waals surface area (Å²) in [5.41, 5.74) is 1.64. The average molecular weight is 331 g/mol. The van der Waals surface area contributed by atoms with Crippen molar-refractivity contribution in [3.8, 4) is 11.4 Å². The van der Waals surface area contributed by atoms with E-state index in [2.05, 4.69) is 15.1 Å². The molecule has 0 aromatic carbocycles. The Labute approximate surface area is 133 Å². The standard InChI is InChI=1S/C15H10FN3O3S/c1-8-10(3-5-13-18-7-12(23-13)15(20)21)14(19-22-8)11-4-2-9(16)6-17-11/h2-7H,1H3,(H,20,21). The Morgan fingerprint density at radius 3 is 2.78 bits per heavy atom. The first-order chi connectivity index (χ1) is 11.0. The molecule has 0 amide bonds. The maximum absolute atomic E-state index is 13.0. The van der Waals surface area contributed by atoms with Crippen molar-refractivity contribution in [2.75, 3.05) is 0 Å². The van der Waals surface area contributed by atoms with E-state index in [1.807, 2.05) is 0 Å². The fourth-order valence-electron chi connectivity index (χ4n) is 1.89. The number of halogens is 1. The maximum Gasteiger partial charge on any atom is 0.347 e. The van der Waals surface area contributed by atoms with Crippen LogP contribution in [0.1, 0.15) is 26.0 Å². The lowest BCUT2D eigenvalue weighted by molar-refractivity contribution is 0.0702. The Morgan fingerprint density at radius 2 is 2.13 bits per heavy atom. The lowest BCUT2D eigenvalue weighted by Gasteiger charge is -1.97. The topological polar surface area (TPSA) is 89.1 Å². The Balaban J connectivity index is 1.93. The van der Waals surface area contributed by atoms with E-state index >= 15 is 0 Å². The number of thiazole rings is 1. The van der Waals surface area contributed by atoms with Crippen LogP contribution in [0.25, 0.3) is 23.5 Å². The minimum absolute atomic E-state index is 0.159. The van der Waals surface area contributed by atoms with Gasteiger partial charge in [-0.25, -0.2) is 14.2 Å². The first kappa shape index (κ1) is 15.0. The zero-order valence-corrected chi connectivity index (χ0v) is 12.7. The third-order valence-electron chi connectivity index (χ3n) is 3.01. The molecule has 0 bridgehead atoms. The van der Waals surface area contributed by atoms with Gasteiger partial charge in [0.2, 0.25) is 0 Å². The number of carboxylic acid groups (broad SMARTS) is 1. The molecule has 23 heavy (non-hydrogen) atoms. The summed E-state index contributed by atoms with van der Waals surface area (Å²) in [6.45, 7) is 1.74. The molecule has 0 fully saturated rings. The molecule has 0 unspecified atom stereocenters. The van der Waals surface area contributed by atoms with Crippen LogP contribution in [0.5, 0.6) is 0 Å². The summed E-state index contributed by atoms with van der Waals surface area (Å²) in [5, 5.41) is 13.4. The van der Waals surface area contributed by atoms with Crippen molar-refractivity contribution in [3.63, 3.8) is 0 Å². The molecule has 0 atom stereocenters. The predicted molar refractivity (Wildman–Crippen MR) is 82.4 cm³/mol. The van der Waals surface area contributed by atoms with Gasteiger partial charge in [0.05, 0.1) is 18.1 Å². The number of hydrogen-bond acceptors (Lipinski definition) is 6. The van der Waals surface area contributed by atoms with E-state index in [1.165, 1.54) is 18.3 Å². The summed E-state index contributed by atoms with van der Waals surface area (Å²) < 4.78 is 18.1. The molecule has 116 valence electrons. The van der Waals surface area contributed by atoms with Crippen LogP contribution in [-0.2, 0) is 0 Å². The normalized spacial score (nSPS) is 11.2. The van der Waals surface area contributed by atoms with Crippen molar-refractivity contribution in [3.05, 3.63) is 51.6 Å². The zero-order chi connectivity index (χ0) is 16.4. The van der Waals surface area contributed by atoms with Crippen LogP contribution in [0.4, 0.5) is 4.39 Å². The molecule has 3 aromatic heterocycles. The predicted octanol–water partition coefficient (Wildman–Crippen LogP) is 3.51. The molecule has 0 radical (unpaired) electrons. The number of hydrogen-bond donors (Lipinski definition) is 1. The molecule has 6 nitrogen and oxygen atoms in total. The minimum atomic E-state index is -1.01. The highest BCUT2D eigenvalue weighted by atomic mass is 32.1. The van der Waals surface area contributed by atoms with Gasteiger partial charge in [0.1, 0.15) is 27.2 Å². The Morgan fingerprint density at radius 1 is 1.30 bits per heavy atom. The summed E-state index contributed by atoms with van der Waals surface area (Å²) in [6, 6.07) is 2.80. The van der Waals surface area contributed by atoms with Gasteiger partial charge < -0.3 is 9.63 Å². The molecule has 1 N–H and O–H groups in total. The lowest BCUT2D eigenvalue weighted by atomic mass is 10.1. The average Bonchev–Trinajstić information content (AvgIpc) is 3.13. The number of aryl methyl sites for hydroxylation is 1. The van der Waals surface area contributed by atoms with Gasteiger partial charge >= 0.3 is 5.97 Å². The number of aromatic carboxylic acids is 1. The zero-order valence-electron chi connectivity index (χ0n) is 11.9. The molecule has 0 spiro atoms. The van der Waals surface area contributed by atoms with Crippen LogP contribution in [0, 0.1) is 12.7 Å². The van der Waals surface area contributed by atoms with E-state index in [0.29, 0.717) is 27.7 Å². The number of carboxylic acids is 1. The van der Waals surface area contributed by atoms with E-state index in [9.17, 15) is 9.18 Å². The summed E-state index contributed by atoms with van der Waals surface area (Å²) in [4.78, 5) is 19.0. The summed E-state index contributed by atoms with van der Waals surface area (Å²) in [7, 11) is 0. The highest BCUT2D eigenvalue weighted by Crippen LogP contribution is 2.26. The monoisotopic (exact) mass is 331 g/mol. The highest BCUT2D eigenvalue weighted by molar-refractivity contribution is 7.14. The van der Waals surface area contributed by atoms with Crippen LogP contribution < -0.4 is 0 Å². The molecule has 3 heterocycles. The number of aromatic nitrogens is 3. The fraction of sp³-hybridized carbons (Fsp3) is 0.0667. The maximum atomic E-state index is 13.0. The van der Waals surface area contributed by atoms with Crippen LogP contribution in [-0.4, -0.2) is 26.2 Å². The largest absolute Gasteiger partial charge is 0.477 e. The summed E-state index contributed by atoms with van der Waals surface area (Å²) in [6.07, 6.45) is 5.79. The van der Waals surface area contributed by atoms with Crippen molar-refractivity contribution in [1.82, 2.24) is 15.1 Å². The Bertz CT molecular complexity index is 884. The van der Waals surface area contributed by atoms with Crippen molar-refractivity contribution in [1.29, 1.82) is 0 Å². The van der Waals surface area contributed by atoms with Gasteiger partial charge in [-0.15, -0.1) is 11.3 Å². The Kier molecular flexibility index (Phi) is 3.98. The number of nitrogens with zero attached hydrogens (tertiary/aromatic N) is 3. The minimum Gasteiger partial charge on any atom is -0.477 e. The highest BCUT2D eigenvalue weighted by Gasteiger charge is 2.14. The van der Waals surface area contributed by atoms with Crippen LogP contribution in [0.2, 0.25) is 0 Å². The first-order valence-corrected chi connectivity index (χ1v) is 7.31. The van der Waals surface area contributed by atoms with E-state index in [0.717, 1.165) is 17.5 Å². The molecule has 3 aromatic rings. The van der Waals surface area contributed by atoms with E-state index < -0.39 is 11.8 Å². The van der Waals surface area contributed by atoms with Gasteiger partial charge in [-0.1, -0.05) is 5.16 Å². The van der Waals surface area contributed by atoms with Crippen LogP contribution >= 0.6 is 11.3 Å². The molecule has 8 heteroatoms. The third kappa shape index (κ3) is 3.16. The van der Waals surface area contributed by atoms with Crippen molar-refractivity contribution < 1.29 is 18.8 Å². The Hall–Kier alpha value is -2.87. The lowest BCUT2D eigenvalue weighted by Crippen LogP contribution is -1.89. The van der Waals surface area contributed by atoms with Crippen molar-refractivity contribution in [2.45, 2.75) is 6.92 Å². The van der Waals surface area contributed by atoms with E-state index in [4.69, 9.17) is 9.63 Å². The second-order valence-corrected chi connectivity index (χ2v) is 5.63. The van der Waals surface area contributed by atoms with Gasteiger partial charge in [-0.3, -0.25) is 4.98 Å². The number of rotatable bonds is 4. The summed E-state index contributed by atoms with van der Waals surface area (Å²) in [5.74, 6) is -0.882. The SMILES string of the molecule is Cc1onc(-c2ccc(F)cn2)c1C=Cc1ncc(C(=O)O)s1. The third-order valence-corrected chi connectivity index (χ3v) is 3.96. The second-order valence-electron chi connectivity index (χ2n) is 4.56. The number of pyridine rings is 1. The molecule has 0 saturated heterocycles. The first-order valence-electron chi connectivity index (χ1n) is 6.50. The molecular weight excluding hydrogens is 321 g/mol. The van der Waals surface area contributed by atoms with Gasteiger partial charge in [-0.2, -0.15) is 0 Å². The fourth-order valence-corrected chi connectivity index (χ4v) is 2.55. The molecule has 0 aliphatic heterocycles. The molecule has 0 saturated carbocycles. The quantitative estimate of drug-likeness (QED) is 0.787. The van der Waals surface area contributed by atoms with Crippen LogP contribution in [0.3, 0.4) is 0 Å². The van der Waals surface area contributed by atoms with Gasteiger partial charge in [0.25, 0.3) is 0 Å². The summed E-state index contributed by atoms with van der Waals surface area (Å²) >= 11 is 1.06. The molecule has 3 rings (SSSR count). The van der Waals surface area contributed by atoms with E-state index in [-0.39, 0.29) is 4.88 Å². The smallest absolute Gasteiger partial charge is 0.347 e. The van der Waals surface area contributed by atoms with Crippen molar-refractivity contribution >= 4 is 29.5 Å². The van der Waals surface area contributed by atoms with Crippen molar-refractivity contribution in [2.24, 2.45) is 0 Å².